The lowest BCUT2D eigenvalue weighted by atomic mass is 9.89. The Bertz CT molecular complexity index is 810. The lowest BCUT2D eigenvalue weighted by molar-refractivity contribution is 0.386. The molecule has 23 heavy (non-hydrogen) atoms. The van der Waals surface area contributed by atoms with Gasteiger partial charge in [0.25, 0.3) is 0 Å². The summed E-state index contributed by atoms with van der Waals surface area (Å²) in [6.45, 7) is 0.467. The number of benzene rings is 3. The fourth-order valence-corrected chi connectivity index (χ4v) is 3.01. The fourth-order valence-electron chi connectivity index (χ4n) is 3.01. The third kappa shape index (κ3) is 3.20. The molecule has 0 spiro atoms. The van der Waals surface area contributed by atoms with Gasteiger partial charge in [-0.05, 0) is 47.0 Å². The van der Waals surface area contributed by atoms with Gasteiger partial charge < -0.3 is 10.5 Å². The van der Waals surface area contributed by atoms with Crippen molar-refractivity contribution in [1.29, 1.82) is 0 Å². The summed E-state index contributed by atoms with van der Waals surface area (Å²) in [6.07, 6.45) is 0.781. The molecule has 0 heterocycles. The van der Waals surface area contributed by atoms with E-state index in [9.17, 15) is 4.39 Å². The van der Waals surface area contributed by atoms with Crippen molar-refractivity contribution in [3.63, 3.8) is 0 Å². The number of hydrogen-bond donors (Lipinski definition) is 1. The van der Waals surface area contributed by atoms with Gasteiger partial charge in [-0.15, -0.1) is 0 Å². The smallest absolute Gasteiger partial charge is 0.165 e. The van der Waals surface area contributed by atoms with Gasteiger partial charge in [-0.25, -0.2) is 4.39 Å². The molecule has 2 N–H and O–H groups in total. The van der Waals surface area contributed by atoms with Gasteiger partial charge in [0.2, 0.25) is 0 Å². The fraction of sp³-hybridized carbons (Fsp3) is 0.200. The van der Waals surface area contributed by atoms with E-state index in [4.69, 9.17) is 10.5 Å². The summed E-state index contributed by atoms with van der Waals surface area (Å²) in [5.74, 6) is -0.0164. The number of hydrogen-bond acceptors (Lipinski definition) is 2. The van der Waals surface area contributed by atoms with Crippen LogP contribution in [0.2, 0.25) is 0 Å². The van der Waals surface area contributed by atoms with Crippen molar-refractivity contribution in [1.82, 2.24) is 0 Å². The molecule has 0 amide bonds. The van der Waals surface area contributed by atoms with Gasteiger partial charge in [0.1, 0.15) is 0 Å². The van der Waals surface area contributed by atoms with Crippen LogP contribution in [0.15, 0.2) is 60.7 Å². The minimum atomic E-state index is -0.346. The third-order valence-corrected chi connectivity index (χ3v) is 4.28. The van der Waals surface area contributed by atoms with Gasteiger partial charge >= 0.3 is 0 Å². The molecule has 0 radical (unpaired) electrons. The van der Waals surface area contributed by atoms with Crippen LogP contribution >= 0.6 is 0 Å². The highest BCUT2D eigenvalue weighted by Gasteiger charge is 2.14. The summed E-state index contributed by atoms with van der Waals surface area (Å²) in [6, 6.07) is 19.6. The van der Waals surface area contributed by atoms with Crippen molar-refractivity contribution >= 4 is 10.8 Å². The van der Waals surface area contributed by atoms with Crippen molar-refractivity contribution in [2.24, 2.45) is 5.73 Å². The average Bonchev–Trinajstić information content (AvgIpc) is 2.59. The summed E-state index contributed by atoms with van der Waals surface area (Å²) in [5, 5.41) is 2.43. The molecule has 2 nitrogen and oxygen atoms in total. The first-order chi connectivity index (χ1) is 11.2. The SMILES string of the molecule is COc1ccc(C(CN)Cc2cccc3ccccc23)cc1F. The van der Waals surface area contributed by atoms with E-state index >= 15 is 0 Å². The molecule has 1 unspecified atom stereocenters. The Morgan fingerprint density at radius 3 is 2.57 bits per heavy atom. The molecule has 3 aromatic rings. The quantitative estimate of drug-likeness (QED) is 0.764. The maximum Gasteiger partial charge on any atom is 0.165 e. The number of ether oxygens (including phenoxy) is 1. The lowest BCUT2D eigenvalue weighted by Crippen LogP contribution is -2.15. The maximum atomic E-state index is 14.0. The molecular weight excluding hydrogens is 289 g/mol. The lowest BCUT2D eigenvalue weighted by Gasteiger charge is -2.17. The van der Waals surface area contributed by atoms with Gasteiger partial charge in [-0.1, -0.05) is 48.5 Å². The molecule has 0 bridgehead atoms. The minimum Gasteiger partial charge on any atom is -0.494 e. The second kappa shape index (κ2) is 6.80. The normalized spacial score (nSPS) is 12.3. The summed E-state index contributed by atoms with van der Waals surface area (Å²) in [4.78, 5) is 0. The van der Waals surface area contributed by atoms with Crippen LogP contribution in [0.25, 0.3) is 10.8 Å². The highest BCUT2D eigenvalue weighted by atomic mass is 19.1. The predicted molar refractivity (Wildman–Crippen MR) is 92.4 cm³/mol. The van der Waals surface area contributed by atoms with E-state index in [2.05, 4.69) is 30.3 Å². The number of halogens is 1. The minimum absolute atomic E-state index is 0.0706. The zero-order valence-electron chi connectivity index (χ0n) is 13.1. The molecule has 3 heteroatoms. The van der Waals surface area contributed by atoms with E-state index in [-0.39, 0.29) is 17.5 Å². The average molecular weight is 309 g/mol. The molecule has 0 aliphatic heterocycles. The second-order valence-corrected chi connectivity index (χ2v) is 5.67. The molecule has 0 aliphatic rings. The van der Waals surface area contributed by atoms with Crippen LogP contribution < -0.4 is 10.5 Å². The van der Waals surface area contributed by atoms with Crippen molar-refractivity contribution < 1.29 is 9.13 Å². The Morgan fingerprint density at radius 1 is 1.04 bits per heavy atom. The molecule has 0 fully saturated rings. The van der Waals surface area contributed by atoms with Crippen LogP contribution in [0.4, 0.5) is 4.39 Å². The van der Waals surface area contributed by atoms with Crippen LogP contribution in [-0.4, -0.2) is 13.7 Å². The van der Waals surface area contributed by atoms with Gasteiger partial charge in [-0.2, -0.15) is 0 Å². The van der Waals surface area contributed by atoms with Gasteiger partial charge in [-0.3, -0.25) is 0 Å². The van der Waals surface area contributed by atoms with E-state index in [0.717, 1.165) is 12.0 Å². The molecule has 118 valence electrons. The largest absolute Gasteiger partial charge is 0.494 e. The van der Waals surface area contributed by atoms with E-state index in [0.29, 0.717) is 6.54 Å². The number of rotatable bonds is 5. The molecule has 0 saturated heterocycles. The summed E-state index contributed by atoms with van der Waals surface area (Å²) in [5.41, 5.74) is 8.10. The predicted octanol–water partition coefficient (Wildman–Crippen LogP) is 4.27. The Morgan fingerprint density at radius 2 is 1.83 bits per heavy atom. The van der Waals surface area contributed by atoms with E-state index in [1.807, 2.05) is 18.2 Å². The van der Waals surface area contributed by atoms with Crippen LogP contribution in [0.3, 0.4) is 0 Å². The van der Waals surface area contributed by atoms with Crippen LogP contribution in [0.1, 0.15) is 17.0 Å². The molecule has 3 aromatic carbocycles. The highest BCUT2D eigenvalue weighted by Crippen LogP contribution is 2.28. The molecule has 1 atom stereocenters. The van der Waals surface area contributed by atoms with E-state index in [1.54, 1.807) is 6.07 Å². The van der Waals surface area contributed by atoms with Crippen LogP contribution in [-0.2, 0) is 6.42 Å². The standard InChI is InChI=1S/C20H20FNO/c1-23-20-10-9-15(12-19(20)21)17(13-22)11-16-7-4-6-14-5-2-3-8-18(14)16/h2-10,12,17H,11,13,22H2,1H3. The van der Waals surface area contributed by atoms with E-state index < -0.39 is 0 Å². The first-order valence-electron chi connectivity index (χ1n) is 7.73. The summed E-state index contributed by atoms with van der Waals surface area (Å²) in [7, 11) is 1.47. The van der Waals surface area contributed by atoms with Crippen LogP contribution in [0.5, 0.6) is 5.75 Å². The monoisotopic (exact) mass is 309 g/mol. The zero-order chi connectivity index (χ0) is 16.2. The molecule has 0 aliphatic carbocycles. The highest BCUT2D eigenvalue weighted by molar-refractivity contribution is 5.85. The van der Waals surface area contributed by atoms with Crippen LogP contribution in [0, 0.1) is 5.82 Å². The first kappa shape index (κ1) is 15.5. The van der Waals surface area contributed by atoms with Crippen molar-refractivity contribution in [3.8, 4) is 5.75 Å². The third-order valence-electron chi connectivity index (χ3n) is 4.28. The molecule has 0 saturated carbocycles. The van der Waals surface area contributed by atoms with Gasteiger partial charge in [0.15, 0.2) is 11.6 Å². The Labute approximate surface area is 135 Å². The van der Waals surface area contributed by atoms with Crippen molar-refractivity contribution in [2.75, 3.05) is 13.7 Å². The number of methoxy groups -OCH3 is 1. The zero-order valence-corrected chi connectivity index (χ0v) is 13.1. The molecular formula is C20H20FNO. The Hall–Kier alpha value is -2.39. The Balaban J connectivity index is 1.94. The second-order valence-electron chi connectivity index (χ2n) is 5.67. The molecule has 0 aromatic heterocycles. The molecule has 3 rings (SSSR count). The maximum absolute atomic E-state index is 14.0. The topological polar surface area (TPSA) is 35.2 Å². The van der Waals surface area contributed by atoms with Gasteiger partial charge in [0.05, 0.1) is 7.11 Å². The van der Waals surface area contributed by atoms with Crippen molar-refractivity contribution in [2.45, 2.75) is 12.3 Å². The number of nitrogens with two attached hydrogens (primary N) is 1. The first-order valence-corrected chi connectivity index (χ1v) is 7.73. The summed E-state index contributed by atoms with van der Waals surface area (Å²) < 4.78 is 19.0. The van der Waals surface area contributed by atoms with Gasteiger partial charge in [0, 0.05) is 5.92 Å². The Kier molecular flexibility index (Phi) is 4.58. The summed E-state index contributed by atoms with van der Waals surface area (Å²) >= 11 is 0. The van der Waals surface area contributed by atoms with Crippen molar-refractivity contribution in [3.05, 3.63) is 77.6 Å². The van der Waals surface area contributed by atoms with E-state index in [1.165, 1.54) is 29.5 Å². The number of fused-ring (bicyclic) bond motifs is 1.